The first-order chi connectivity index (χ1) is 13.4. The molecule has 1 aliphatic heterocycles. The number of carboxylic acids is 1. The SMILES string of the molecule is O=C(O)CCCN1C(=O)/C(=C/c2ccccc2Oc2ccc(Cl)cc2)SC1=S. The van der Waals surface area contributed by atoms with Gasteiger partial charge in [-0.3, -0.25) is 14.5 Å². The van der Waals surface area contributed by atoms with Crippen LogP contribution in [0.1, 0.15) is 18.4 Å². The van der Waals surface area contributed by atoms with Crippen LogP contribution in [0.2, 0.25) is 5.02 Å². The summed E-state index contributed by atoms with van der Waals surface area (Å²) in [4.78, 5) is 25.2. The highest BCUT2D eigenvalue weighted by atomic mass is 35.5. The molecule has 0 unspecified atom stereocenters. The van der Waals surface area contributed by atoms with Crippen LogP contribution in [0.4, 0.5) is 0 Å². The van der Waals surface area contributed by atoms with E-state index in [9.17, 15) is 9.59 Å². The van der Waals surface area contributed by atoms with Crippen LogP contribution < -0.4 is 4.74 Å². The maximum atomic E-state index is 12.6. The number of rotatable bonds is 7. The van der Waals surface area contributed by atoms with Crippen molar-refractivity contribution < 1.29 is 19.4 Å². The molecule has 5 nitrogen and oxygen atoms in total. The molecule has 28 heavy (non-hydrogen) atoms. The van der Waals surface area contributed by atoms with E-state index >= 15 is 0 Å². The van der Waals surface area contributed by atoms with Crippen LogP contribution >= 0.6 is 35.6 Å². The molecule has 1 heterocycles. The third kappa shape index (κ3) is 5.13. The summed E-state index contributed by atoms with van der Waals surface area (Å²) >= 11 is 12.4. The Labute approximate surface area is 176 Å². The number of carbonyl (C=O) groups excluding carboxylic acids is 1. The average molecular weight is 434 g/mol. The van der Waals surface area contributed by atoms with Crippen LogP contribution in [-0.4, -0.2) is 32.7 Å². The van der Waals surface area contributed by atoms with Crippen molar-refractivity contribution in [1.29, 1.82) is 0 Å². The largest absolute Gasteiger partial charge is 0.481 e. The Morgan fingerprint density at radius 3 is 2.64 bits per heavy atom. The Morgan fingerprint density at radius 2 is 1.93 bits per heavy atom. The van der Waals surface area contributed by atoms with Gasteiger partial charge in [0.15, 0.2) is 0 Å². The van der Waals surface area contributed by atoms with E-state index in [4.69, 9.17) is 33.7 Å². The van der Waals surface area contributed by atoms with E-state index in [1.54, 1.807) is 30.3 Å². The molecular formula is C20H16ClNO4S2. The Balaban J connectivity index is 1.78. The quantitative estimate of drug-likeness (QED) is 0.478. The van der Waals surface area contributed by atoms with E-state index in [0.717, 1.165) is 5.56 Å². The van der Waals surface area contributed by atoms with Gasteiger partial charge in [-0.25, -0.2) is 0 Å². The van der Waals surface area contributed by atoms with Gasteiger partial charge in [0.1, 0.15) is 15.8 Å². The minimum Gasteiger partial charge on any atom is -0.481 e. The molecule has 1 saturated heterocycles. The van der Waals surface area contributed by atoms with Crippen molar-refractivity contribution in [3.8, 4) is 11.5 Å². The number of ether oxygens (including phenoxy) is 1. The second-order valence-corrected chi connectivity index (χ2v) is 8.04. The van der Waals surface area contributed by atoms with Gasteiger partial charge in [-0.2, -0.15) is 0 Å². The number of hydrogen-bond donors (Lipinski definition) is 1. The number of benzene rings is 2. The number of aliphatic carboxylic acids is 1. The molecule has 0 atom stereocenters. The van der Waals surface area contributed by atoms with E-state index in [0.29, 0.717) is 32.2 Å². The van der Waals surface area contributed by atoms with Gasteiger partial charge in [-0.15, -0.1) is 0 Å². The maximum absolute atomic E-state index is 12.6. The summed E-state index contributed by atoms with van der Waals surface area (Å²) in [6.07, 6.45) is 2.08. The minimum atomic E-state index is -0.894. The highest BCUT2D eigenvalue weighted by Crippen LogP contribution is 2.35. The first kappa shape index (κ1) is 20.4. The molecule has 0 aromatic heterocycles. The van der Waals surface area contributed by atoms with Crippen molar-refractivity contribution in [2.75, 3.05) is 6.54 Å². The predicted molar refractivity (Wildman–Crippen MR) is 115 cm³/mol. The first-order valence-electron chi connectivity index (χ1n) is 8.43. The van der Waals surface area contributed by atoms with Crippen molar-refractivity contribution in [1.82, 2.24) is 4.90 Å². The lowest BCUT2D eigenvalue weighted by atomic mass is 10.2. The van der Waals surface area contributed by atoms with Crippen LogP contribution in [0, 0.1) is 0 Å². The molecule has 0 aliphatic carbocycles. The molecule has 0 radical (unpaired) electrons. The normalized spacial score (nSPS) is 15.3. The van der Waals surface area contributed by atoms with Crippen LogP contribution in [0.5, 0.6) is 11.5 Å². The molecule has 0 saturated carbocycles. The Bertz CT molecular complexity index is 943. The summed E-state index contributed by atoms with van der Waals surface area (Å²) in [5.74, 6) is 0.114. The van der Waals surface area contributed by atoms with Crippen LogP contribution in [0.25, 0.3) is 6.08 Å². The van der Waals surface area contributed by atoms with Gasteiger partial charge in [0.25, 0.3) is 5.91 Å². The number of carboxylic acid groups (broad SMARTS) is 1. The van der Waals surface area contributed by atoms with Gasteiger partial charge >= 0.3 is 5.97 Å². The molecule has 2 aromatic carbocycles. The lowest BCUT2D eigenvalue weighted by molar-refractivity contribution is -0.137. The van der Waals surface area contributed by atoms with E-state index in [1.165, 1.54) is 16.7 Å². The Morgan fingerprint density at radius 1 is 1.21 bits per heavy atom. The molecule has 0 spiro atoms. The van der Waals surface area contributed by atoms with Crippen LogP contribution in [-0.2, 0) is 9.59 Å². The second kappa shape index (κ2) is 9.23. The van der Waals surface area contributed by atoms with Crippen molar-refractivity contribution in [2.24, 2.45) is 0 Å². The highest BCUT2D eigenvalue weighted by Gasteiger charge is 2.31. The molecule has 1 amide bonds. The van der Waals surface area contributed by atoms with Crippen molar-refractivity contribution in [3.05, 3.63) is 64.0 Å². The van der Waals surface area contributed by atoms with E-state index < -0.39 is 5.97 Å². The number of nitrogens with zero attached hydrogens (tertiary/aromatic N) is 1. The van der Waals surface area contributed by atoms with Crippen LogP contribution in [0.15, 0.2) is 53.4 Å². The van der Waals surface area contributed by atoms with Gasteiger partial charge in [-0.05, 0) is 42.8 Å². The minimum absolute atomic E-state index is 0.00608. The van der Waals surface area contributed by atoms with E-state index in [2.05, 4.69) is 0 Å². The van der Waals surface area contributed by atoms with Gasteiger partial charge in [-0.1, -0.05) is 53.8 Å². The third-order valence-corrected chi connectivity index (χ3v) is 5.52. The molecule has 1 aliphatic rings. The molecule has 8 heteroatoms. The molecule has 1 N–H and O–H groups in total. The number of hydrogen-bond acceptors (Lipinski definition) is 5. The first-order valence-corrected chi connectivity index (χ1v) is 10.0. The lowest BCUT2D eigenvalue weighted by Gasteiger charge is -2.13. The number of thiocarbonyl (C=S) groups is 1. The zero-order valence-electron chi connectivity index (χ0n) is 14.6. The fourth-order valence-corrected chi connectivity index (χ4v) is 3.97. The predicted octanol–water partition coefficient (Wildman–Crippen LogP) is 5.20. The van der Waals surface area contributed by atoms with Gasteiger partial charge in [0.05, 0.1) is 4.91 Å². The van der Waals surface area contributed by atoms with Crippen molar-refractivity contribution >= 4 is 57.9 Å². The smallest absolute Gasteiger partial charge is 0.303 e. The van der Waals surface area contributed by atoms with Crippen LogP contribution in [0.3, 0.4) is 0 Å². The number of thioether (sulfide) groups is 1. The van der Waals surface area contributed by atoms with Crippen molar-refractivity contribution in [2.45, 2.75) is 12.8 Å². The molecule has 2 aromatic rings. The van der Waals surface area contributed by atoms with Gasteiger partial charge < -0.3 is 9.84 Å². The topological polar surface area (TPSA) is 66.8 Å². The summed E-state index contributed by atoms with van der Waals surface area (Å²) in [5, 5.41) is 9.38. The Kier molecular flexibility index (Phi) is 6.72. The molecular weight excluding hydrogens is 418 g/mol. The standard InChI is InChI=1S/C20H16ClNO4S2/c21-14-7-9-15(10-8-14)26-16-5-2-1-4-13(16)12-17-19(25)22(20(27)28-17)11-3-6-18(23)24/h1-2,4-5,7-10,12H,3,6,11H2,(H,23,24)/b17-12-. The molecule has 0 bridgehead atoms. The lowest BCUT2D eigenvalue weighted by Crippen LogP contribution is -2.29. The highest BCUT2D eigenvalue weighted by molar-refractivity contribution is 8.26. The fourth-order valence-electron chi connectivity index (χ4n) is 2.54. The van der Waals surface area contributed by atoms with E-state index in [-0.39, 0.29) is 18.9 Å². The summed E-state index contributed by atoms with van der Waals surface area (Å²) < 4.78 is 6.35. The Hall–Kier alpha value is -2.35. The molecule has 3 rings (SSSR count). The fraction of sp³-hybridized carbons (Fsp3) is 0.150. The number of amides is 1. The average Bonchev–Trinajstić information content (AvgIpc) is 2.92. The third-order valence-electron chi connectivity index (χ3n) is 3.89. The zero-order chi connectivity index (χ0) is 20.1. The van der Waals surface area contributed by atoms with Crippen molar-refractivity contribution in [3.63, 3.8) is 0 Å². The molecule has 144 valence electrons. The van der Waals surface area contributed by atoms with Gasteiger partial charge in [0, 0.05) is 23.6 Å². The summed E-state index contributed by atoms with van der Waals surface area (Å²) in [6, 6.07) is 14.4. The summed E-state index contributed by atoms with van der Waals surface area (Å²) in [7, 11) is 0. The van der Waals surface area contributed by atoms with E-state index in [1.807, 2.05) is 24.3 Å². The molecule has 1 fully saturated rings. The monoisotopic (exact) mass is 433 g/mol. The maximum Gasteiger partial charge on any atom is 0.303 e. The summed E-state index contributed by atoms with van der Waals surface area (Å²) in [6.45, 7) is 0.289. The number of halogens is 1. The number of para-hydroxylation sites is 1. The van der Waals surface area contributed by atoms with Gasteiger partial charge in [0.2, 0.25) is 0 Å². The second-order valence-electron chi connectivity index (χ2n) is 5.92. The number of carbonyl (C=O) groups is 2. The summed E-state index contributed by atoms with van der Waals surface area (Å²) in [5.41, 5.74) is 0.739. The zero-order valence-corrected chi connectivity index (χ0v) is 17.0.